The van der Waals surface area contributed by atoms with Crippen LogP contribution in [-0.2, 0) is 9.53 Å². The predicted octanol–water partition coefficient (Wildman–Crippen LogP) is 1.80. The molecule has 0 saturated carbocycles. The first-order valence-electron chi connectivity index (χ1n) is 5.10. The van der Waals surface area contributed by atoms with Crippen molar-refractivity contribution in [3.63, 3.8) is 0 Å². The molecule has 4 heteroatoms. The quantitative estimate of drug-likeness (QED) is 0.727. The Labute approximate surface area is 93.9 Å². The number of hydrogen-bond donors (Lipinski definition) is 0. The third-order valence-corrected chi connectivity index (χ3v) is 3.85. The van der Waals surface area contributed by atoms with E-state index in [1.165, 1.54) is 0 Å². The van der Waals surface area contributed by atoms with Crippen LogP contribution in [0.1, 0.15) is 26.7 Å². The fourth-order valence-corrected chi connectivity index (χ4v) is 2.11. The molecule has 1 aliphatic heterocycles. The molecule has 0 aromatic carbocycles. The molecule has 0 radical (unpaired) electrons. The van der Waals surface area contributed by atoms with E-state index in [-0.39, 0.29) is 22.9 Å². The molecule has 0 spiro atoms. The maximum atomic E-state index is 11.8. The van der Waals surface area contributed by atoms with Crippen LogP contribution in [0.15, 0.2) is 0 Å². The van der Waals surface area contributed by atoms with Crippen LogP contribution >= 0.6 is 15.9 Å². The molecule has 3 atom stereocenters. The Balaban J connectivity index is 2.55. The van der Waals surface area contributed by atoms with Crippen LogP contribution in [0.4, 0.5) is 0 Å². The second-order valence-corrected chi connectivity index (χ2v) is 4.86. The van der Waals surface area contributed by atoms with Gasteiger partial charge in [0.15, 0.2) is 0 Å². The average molecular weight is 264 g/mol. The molecule has 1 aliphatic rings. The number of rotatable bonds is 3. The number of alkyl halides is 1. The third kappa shape index (κ3) is 2.48. The zero-order chi connectivity index (χ0) is 10.7. The molecule has 0 aliphatic carbocycles. The standard InChI is InChI=1S/C10H18BrNO2/c1-4-8(11)10(13)12(3)9-5-6-14-7(9)2/h7-9H,4-6H2,1-3H3. The largest absolute Gasteiger partial charge is 0.376 e. The molecular weight excluding hydrogens is 246 g/mol. The summed E-state index contributed by atoms with van der Waals surface area (Å²) in [5.74, 6) is 0.162. The lowest BCUT2D eigenvalue weighted by Crippen LogP contribution is -2.44. The Kier molecular flexibility index (Phi) is 4.38. The van der Waals surface area contributed by atoms with Gasteiger partial charge in [-0.1, -0.05) is 22.9 Å². The molecule has 0 aromatic rings. The summed E-state index contributed by atoms with van der Waals surface area (Å²) in [6.07, 6.45) is 1.94. The van der Waals surface area contributed by atoms with Gasteiger partial charge in [0.2, 0.25) is 5.91 Å². The number of nitrogens with zero attached hydrogens (tertiary/aromatic N) is 1. The van der Waals surface area contributed by atoms with Crippen LogP contribution in [-0.4, -0.2) is 41.4 Å². The van der Waals surface area contributed by atoms with E-state index in [1.54, 1.807) is 0 Å². The summed E-state index contributed by atoms with van der Waals surface area (Å²) in [5.41, 5.74) is 0. The van der Waals surface area contributed by atoms with Crippen molar-refractivity contribution in [3.05, 3.63) is 0 Å². The van der Waals surface area contributed by atoms with Gasteiger partial charge >= 0.3 is 0 Å². The van der Waals surface area contributed by atoms with Crippen LogP contribution in [0.2, 0.25) is 0 Å². The van der Waals surface area contributed by atoms with Gasteiger partial charge in [0.25, 0.3) is 0 Å². The number of halogens is 1. The molecule has 82 valence electrons. The molecule has 1 rings (SSSR count). The number of hydrogen-bond acceptors (Lipinski definition) is 2. The fraction of sp³-hybridized carbons (Fsp3) is 0.900. The molecule has 1 fully saturated rings. The Morgan fingerprint density at radius 1 is 1.71 bits per heavy atom. The van der Waals surface area contributed by atoms with Gasteiger partial charge in [0.1, 0.15) is 0 Å². The van der Waals surface area contributed by atoms with E-state index >= 15 is 0 Å². The van der Waals surface area contributed by atoms with Gasteiger partial charge in [-0.3, -0.25) is 4.79 Å². The van der Waals surface area contributed by atoms with Crippen molar-refractivity contribution in [2.75, 3.05) is 13.7 Å². The number of amides is 1. The predicted molar refractivity (Wildman–Crippen MR) is 59.6 cm³/mol. The van der Waals surface area contributed by atoms with E-state index in [0.29, 0.717) is 0 Å². The minimum atomic E-state index is -0.0553. The Morgan fingerprint density at radius 2 is 2.36 bits per heavy atom. The van der Waals surface area contributed by atoms with E-state index in [0.717, 1.165) is 19.4 Å². The molecule has 0 N–H and O–H groups in total. The smallest absolute Gasteiger partial charge is 0.236 e. The lowest BCUT2D eigenvalue weighted by atomic mass is 10.1. The van der Waals surface area contributed by atoms with Gasteiger partial charge < -0.3 is 9.64 Å². The van der Waals surface area contributed by atoms with Crippen molar-refractivity contribution < 1.29 is 9.53 Å². The highest BCUT2D eigenvalue weighted by molar-refractivity contribution is 9.10. The number of carbonyl (C=O) groups excluding carboxylic acids is 1. The van der Waals surface area contributed by atoms with E-state index < -0.39 is 0 Å². The van der Waals surface area contributed by atoms with Crippen molar-refractivity contribution in [1.82, 2.24) is 4.90 Å². The van der Waals surface area contributed by atoms with Gasteiger partial charge in [-0.2, -0.15) is 0 Å². The van der Waals surface area contributed by atoms with Crippen LogP contribution in [0.3, 0.4) is 0 Å². The van der Waals surface area contributed by atoms with Crippen molar-refractivity contribution in [2.45, 2.75) is 43.7 Å². The normalized spacial score (nSPS) is 28.9. The third-order valence-electron chi connectivity index (χ3n) is 2.81. The minimum Gasteiger partial charge on any atom is -0.376 e. The SMILES string of the molecule is CCC(Br)C(=O)N(C)C1CCOC1C. The first-order chi connectivity index (χ1) is 6.57. The molecule has 1 saturated heterocycles. The maximum Gasteiger partial charge on any atom is 0.236 e. The van der Waals surface area contributed by atoms with Crippen molar-refractivity contribution in [1.29, 1.82) is 0 Å². The second-order valence-electron chi connectivity index (χ2n) is 3.76. The van der Waals surface area contributed by atoms with E-state index in [1.807, 2.05) is 25.8 Å². The van der Waals surface area contributed by atoms with Crippen LogP contribution < -0.4 is 0 Å². The molecule has 14 heavy (non-hydrogen) atoms. The summed E-state index contributed by atoms with van der Waals surface area (Å²) >= 11 is 3.38. The summed E-state index contributed by atoms with van der Waals surface area (Å²) in [6.45, 7) is 4.79. The van der Waals surface area contributed by atoms with E-state index in [4.69, 9.17) is 4.74 Å². The number of ether oxygens (including phenoxy) is 1. The highest BCUT2D eigenvalue weighted by Gasteiger charge is 2.32. The van der Waals surface area contributed by atoms with Crippen molar-refractivity contribution >= 4 is 21.8 Å². The summed E-state index contributed by atoms with van der Waals surface area (Å²) in [5, 5.41) is 0. The number of carbonyl (C=O) groups is 1. The van der Waals surface area contributed by atoms with E-state index in [2.05, 4.69) is 15.9 Å². The van der Waals surface area contributed by atoms with E-state index in [9.17, 15) is 4.79 Å². The van der Waals surface area contributed by atoms with Gasteiger partial charge in [-0.25, -0.2) is 0 Å². The topological polar surface area (TPSA) is 29.5 Å². The molecule has 0 aromatic heterocycles. The molecule has 1 amide bonds. The molecular formula is C10H18BrNO2. The maximum absolute atomic E-state index is 11.8. The van der Waals surface area contributed by atoms with Crippen molar-refractivity contribution in [2.24, 2.45) is 0 Å². The Bertz CT molecular complexity index is 210. The lowest BCUT2D eigenvalue weighted by Gasteiger charge is -2.28. The average Bonchev–Trinajstić information content (AvgIpc) is 2.61. The Morgan fingerprint density at radius 3 is 2.79 bits per heavy atom. The molecule has 1 heterocycles. The Hall–Kier alpha value is -0.0900. The molecule has 3 nitrogen and oxygen atoms in total. The lowest BCUT2D eigenvalue weighted by molar-refractivity contribution is -0.132. The summed E-state index contributed by atoms with van der Waals surface area (Å²) in [7, 11) is 1.86. The first kappa shape index (κ1) is 12.0. The van der Waals surface area contributed by atoms with Crippen LogP contribution in [0.5, 0.6) is 0 Å². The summed E-state index contributed by atoms with van der Waals surface area (Å²) in [6, 6.07) is 0.245. The van der Waals surface area contributed by atoms with Gasteiger partial charge in [0.05, 0.1) is 17.0 Å². The summed E-state index contributed by atoms with van der Waals surface area (Å²) < 4.78 is 5.44. The minimum absolute atomic E-state index is 0.0553. The van der Waals surface area contributed by atoms with Gasteiger partial charge in [-0.15, -0.1) is 0 Å². The highest BCUT2D eigenvalue weighted by Crippen LogP contribution is 2.20. The van der Waals surface area contributed by atoms with Crippen LogP contribution in [0.25, 0.3) is 0 Å². The zero-order valence-electron chi connectivity index (χ0n) is 9.00. The number of likely N-dealkylation sites (N-methyl/N-ethyl adjacent to an activating group) is 1. The molecule has 3 unspecified atom stereocenters. The fourth-order valence-electron chi connectivity index (χ4n) is 1.79. The van der Waals surface area contributed by atoms with Gasteiger partial charge in [0, 0.05) is 13.7 Å². The second kappa shape index (κ2) is 5.12. The van der Waals surface area contributed by atoms with Gasteiger partial charge in [-0.05, 0) is 19.8 Å². The van der Waals surface area contributed by atoms with Crippen LogP contribution in [0, 0.1) is 0 Å². The van der Waals surface area contributed by atoms with Crippen molar-refractivity contribution in [3.8, 4) is 0 Å². The highest BCUT2D eigenvalue weighted by atomic mass is 79.9. The molecule has 0 bridgehead atoms. The monoisotopic (exact) mass is 263 g/mol. The first-order valence-corrected chi connectivity index (χ1v) is 6.01. The zero-order valence-corrected chi connectivity index (χ0v) is 10.6. The summed E-state index contributed by atoms with van der Waals surface area (Å²) in [4.78, 5) is 13.6.